The first kappa shape index (κ1) is 31.6. The molecule has 6 rings (SSSR count). The Morgan fingerprint density at radius 3 is 2.49 bits per heavy atom. The molecule has 10 nitrogen and oxygen atoms in total. The predicted octanol–water partition coefficient (Wildman–Crippen LogP) is 6.07. The van der Waals surface area contributed by atoms with Crippen molar-refractivity contribution in [1.82, 2.24) is 14.5 Å². The van der Waals surface area contributed by atoms with Crippen molar-refractivity contribution >= 4 is 22.5 Å². The number of ether oxygens (including phenoxy) is 3. The van der Waals surface area contributed by atoms with E-state index in [1.807, 2.05) is 18.2 Å². The van der Waals surface area contributed by atoms with E-state index in [0.717, 1.165) is 0 Å². The van der Waals surface area contributed by atoms with Crippen molar-refractivity contribution in [3.05, 3.63) is 112 Å². The summed E-state index contributed by atoms with van der Waals surface area (Å²) in [6.45, 7) is 3.75. The quantitative estimate of drug-likeness (QED) is 0.172. The van der Waals surface area contributed by atoms with Gasteiger partial charge >= 0.3 is 0 Å². The summed E-state index contributed by atoms with van der Waals surface area (Å²) >= 11 is 0. The Morgan fingerprint density at radius 1 is 0.957 bits per heavy atom. The highest BCUT2D eigenvalue weighted by Crippen LogP contribution is 2.37. The average molecular weight is 634 g/mol. The van der Waals surface area contributed by atoms with Gasteiger partial charge in [-0.2, -0.15) is 0 Å². The number of rotatable bonds is 11. The normalized spacial score (nSPS) is 12.9. The number of para-hydroxylation sites is 1. The molecular weight excluding hydrogens is 598 g/mol. The molecule has 1 aliphatic carbocycles. The third-order valence-electron chi connectivity index (χ3n) is 8.06. The van der Waals surface area contributed by atoms with Gasteiger partial charge in [-0.25, -0.2) is 0 Å². The van der Waals surface area contributed by atoms with Gasteiger partial charge in [-0.05, 0) is 69.2 Å². The second kappa shape index (κ2) is 13.2. The van der Waals surface area contributed by atoms with Crippen molar-refractivity contribution < 1.29 is 28.9 Å². The second-order valence-electron chi connectivity index (χ2n) is 12.1. The minimum absolute atomic E-state index is 0.0365. The van der Waals surface area contributed by atoms with Gasteiger partial charge in [-0.1, -0.05) is 18.2 Å². The number of benzene rings is 2. The Morgan fingerprint density at radius 2 is 1.77 bits per heavy atom. The Labute approximate surface area is 271 Å². The molecule has 3 aromatic heterocycles. The summed E-state index contributed by atoms with van der Waals surface area (Å²) in [5.74, 6) is 1.46. The molecule has 2 aromatic carbocycles. The van der Waals surface area contributed by atoms with Crippen LogP contribution >= 0.6 is 0 Å². The maximum atomic E-state index is 13.7. The SMILES string of the molecule is COc1cc2c(Oc3ccc(CC(=O)c4cc5c(n(-c6ccccc6)c4=O)CCCC5=O)nc3)ccnc2cc1OCCC(C)(C)O. The Kier molecular flexibility index (Phi) is 8.86. The number of methoxy groups -OCH3 is 1. The zero-order valence-electron chi connectivity index (χ0n) is 26.5. The number of carbonyl (C=O) groups is 2. The van der Waals surface area contributed by atoms with Gasteiger partial charge in [0, 0.05) is 53.1 Å². The molecule has 5 aromatic rings. The van der Waals surface area contributed by atoms with E-state index in [9.17, 15) is 19.5 Å². The van der Waals surface area contributed by atoms with E-state index < -0.39 is 16.9 Å². The molecule has 0 saturated carbocycles. The number of hydrogen-bond acceptors (Lipinski definition) is 9. The van der Waals surface area contributed by atoms with Gasteiger partial charge in [0.15, 0.2) is 23.1 Å². The van der Waals surface area contributed by atoms with Crippen LogP contribution in [0.25, 0.3) is 16.6 Å². The van der Waals surface area contributed by atoms with Crippen molar-refractivity contribution in [2.45, 2.75) is 51.6 Å². The molecule has 0 bridgehead atoms. The lowest BCUT2D eigenvalue weighted by molar-refractivity contribution is 0.0549. The Bertz CT molecular complexity index is 2010. The number of aromatic nitrogens is 3. The van der Waals surface area contributed by atoms with Gasteiger partial charge in [0.1, 0.15) is 11.5 Å². The zero-order valence-corrected chi connectivity index (χ0v) is 26.5. The third-order valence-corrected chi connectivity index (χ3v) is 8.06. The topological polar surface area (TPSA) is 130 Å². The van der Waals surface area contributed by atoms with Gasteiger partial charge < -0.3 is 19.3 Å². The van der Waals surface area contributed by atoms with Crippen molar-refractivity contribution in [3.8, 4) is 28.7 Å². The maximum Gasteiger partial charge on any atom is 0.266 e. The van der Waals surface area contributed by atoms with Crippen LogP contribution < -0.4 is 19.8 Å². The first-order chi connectivity index (χ1) is 22.6. The molecule has 0 atom stereocenters. The summed E-state index contributed by atoms with van der Waals surface area (Å²) in [5.41, 5.74) is 1.43. The largest absolute Gasteiger partial charge is 0.493 e. The summed E-state index contributed by atoms with van der Waals surface area (Å²) < 4.78 is 19.1. The molecular formula is C37H35N3O7. The molecule has 0 saturated heterocycles. The molecule has 0 aliphatic heterocycles. The van der Waals surface area contributed by atoms with Crippen molar-refractivity contribution in [2.75, 3.05) is 13.7 Å². The second-order valence-corrected chi connectivity index (χ2v) is 12.1. The van der Waals surface area contributed by atoms with E-state index in [1.165, 1.54) is 16.8 Å². The zero-order chi connectivity index (χ0) is 33.1. The number of fused-ring (bicyclic) bond motifs is 2. The van der Waals surface area contributed by atoms with Crippen LogP contribution in [0.4, 0.5) is 0 Å². The number of ketones is 2. The molecule has 10 heteroatoms. The van der Waals surface area contributed by atoms with Gasteiger partial charge in [0.2, 0.25) is 0 Å². The standard InChI is InChI=1S/C37H35N3O7/c1-37(2,44)15-17-46-35-21-29-26(20-34(35)45-3)33(14-16-38-29)47-25-13-12-23(39-22-25)18-32(42)28-19-27-30(10-7-11-31(27)41)40(36(28)43)24-8-5-4-6-9-24/h4-6,8-9,12-14,16,19-22,44H,7,10-11,15,17-18H2,1-3H3. The van der Waals surface area contributed by atoms with Crippen LogP contribution in [0.5, 0.6) is 23.0 Å². The highest BCUT2D eigenvalue weighted by Gasteiger charge is 2.26. The van der Waals surface area contributed by atoms with Crippen molar-refractivity contribution in [1.29, 1.82) is 0 Å². The highest BCUT2D eigenvalue weighted by molar-refractivity contribution is 6.03. The Balaban J connectivity index is 1.22. The molecule has 0 radical (unpaired) electrons. The fraction of sp³-hybridized carbons (Fsp3) is 0.270. The first-order valence-corrected chi connectivity index (χ1v) is 15.5. The number of pyridine rings is 3. The van der Waals surface area contributed by atoms with Crippen LogP contribution in [-0.2, 0) is 12.8 Å². The van der Waals surface area contributed by atoms with E-state index in [0.29, 0.717) is 88.8 Å². The van der Waals surface area contributed by atoms with Gasteiger partial charge in [-0.3, -0.25) is 28.9 Å². The highest BCUT2D eigenvalue weighted by atomic mass is 16.5. The molecule has 1 aliphatic rings. The van der Waals surface area contributed by atoms with Crippen LogP contribution in [-0.4, -0.2) is 50.5 Å². The summed E-state index contributed by atoms with van der Waals surface area (Å²) in [6, 6.07) is 19.2. The number of carbonyl (C=O) groups excluding carboxylic acids is 2. The molecule has 3 heterocycles. The van der Waals surface area contributed by atoms with E-state index in [1.54, 1.807) is 69.6 Å². The summed E-state index contributed by atoms with van der Waals surface area (Å²) in [5, 5.41) is 10.7. The molecule has 0 fully saturated rings. The number of nitrogens with zero attached hydrogens (tertiary/aromatic N) is 3. The monoisotopic (exact) mass is 633 g/mol. The van der Waals surface area contributed by atoms with Crippen LogP contribution in [0, 0.1) is 0 Å². The van der Waals surface area contributed by atoms with Crippen molar-refractivity contribution in [3.63, 3.8) is 0 Å². The minimum Gasteiger partial charge on any atom is -0.493 e. The van der Waals surface area contributed by atoms with Crippen LogP contribution in [0.1, 0.15) is 65.2 Å². The molecule has 0 spiro atoms. The lowest BCUT2D eigenvalue weighted by Gasteiger charge is -2.21. The first-order valence-electron chi connectivity index (χ1n) is 15.5. The van der Waals surface area contributed by atoms with Crippen LogP contribution in [0.3, 0.4) is 0 Å². The summed E-state index contributed by atoms with van der Waals surface area (Å²) in [4.78, 5) is 48.9. The lowest BCUT2D eigenvalue weighted by atomic mass is 9.91. The molecule has 47 heavy (non-hydrogen) atoms. The van der Waals surface area contributed by atoms with E-state index in [-0.39, 0.29) is 17.8 Å². The summed E-state index contributed by atoms with van der Waals surface area (Å²) in [7, 11) is 1.55. The predicted molar refractivity (Wildman–Crippen MR) is 176 cm³/mol. The van der Waals surface area contributed by atoms with E-state index >= 15 is 0 Å². The van der Waals surface area contributed by atoms with Gasteiger partial charge in [0.25, 0.3) is 5.56 Å². The molecule has 0 amide bonds. The van der Waals surface area contributed by atoms with Gasteiger partial charge in [-0.15, -0.1) is 0 Å². The maximum absolute atomic E-state index is 13.7. The number of aliphatic hydroxyl groups is 1. The Hall–Kier alpha value is -5.35. The number of Topliss-reactive ketones (excluding diaryl/α,β-unsaturated/α-hetero) is 2. The van der Waals surface area contributed by atoms with Gasteiger partial charge in [0.05, 0.1) is 43.0 Å². The smallest absolute Gasteiger partial charge is 0.266 e. The average Bonchev–Trinajstić information content (AvgIpc) is 3.05. The van der Waals surface area contributed by atoms with Crippen molar-refractivity contribution in [2.24, 2.45) is 0 Å². The minimum atomic E-state index is -0.856. The molecule has 1 N–H and O–H groups in total. The van der Waals surface area contributed by atoms with E-state index in [2.05, 4.69) is 9.97 Å². The molecule has 240 valence electrons. The van der Waals surface area contributed by atoms with E-state index in [4.69, 9.17) is 14.2 Å². The molecule has 0 unspecified atom stereocenters. The number of hydrogen-bond donors (Lipinski definition) is 1. The van der Waals surface area contributed by atoms with Crippen LogP contribution in [0.2, 0.25) is 0 Å². The lowest BCUT2D eigenvalue weighted by Crippen LogP contribution is -2.32. The summed E-state index contributed by atoms with van der Waals surface area (Å²) in [6.07, 6.45) is 5.08. The fourth-order valence-corrected chi connectivity index (χ4v) is 5.60. The van der Waals surface area contributed by atoms with Crippen LogP contribution in [0.15, 0.2) is 83.9 Å². The third kappa shape index (κ3) is 6.92. The fourth-order valence-electron chi connectivity index (χ4n) is 5.60.